The van der Waals surface area contributed by atoms with Gasteiger partial charge in [-0.15, -0.1) is 5.10 Å². The molecule has 3 heterocycles. The van der Waals surface area contributed by atoms with Crippen LogP contribution in [0.4, 0.5) is 0 Å². The minimum Gasteiger partial charge on any atom is -0.494 e. The lowest BCUT2D eigenvalue weighted by Gasteiger charge is -2.08. The number of ether oxygens (including phenoxy) is 2. The number of fused-ring (bicyclic) bond motifs is 1. The second-order valence-electron chi connectivity index (χ2n) is 9.89. The summed E-state index contributed by atoms with van der Waals surface area (Å²) < 4.78 is 15.2. The third kappa shape index (κ3) is 5.56. The van der Waals surface area contributed by atoms with Crippen LogP contribution in [0.2, 0.25) is 0 Å². The van der Waals surface area contributed by atoms with Gasteiger partial charge in [0.2, 0.25) is 4.96 Å². The molecule has 9 heteroatoms. The summed E-state index contributed by atoms with van der Waals surface area (Å²) >= 11 is 1.31. The fourth-order valence-corrected chi connectivity index (χ4v) is 5.60. The fraction of sp³-hybridized carbons (Fsp3) is 0.212. The standard InChI is InChI=1S/C33H31N5O3S/c1-4-6-18-41-26-14-12-23(13-15-26)31-34-33-38(36-31)32(39)29(42-33)20-24-21-37(25-10-8-7-9-11-25)35-30(24)28-17-16-27(40-5-2)19-22(28)3/h7-17,19-21H,4-6,18H2,1-3H3/b29-20-. The van der Waals surface area contributed by atoms with Crippen LogP contribution < -0.4 is 19.6 Å². The number of benzene rings is 3. The number of hydrogen-bond acceptors (Lipinski definition) is 7. The van der Waals surface area contributed by atoms with Gasteiger partial charge in [-0.3, -0.25) is 4.79 Å². The van der Waals surface area contributed by atoms with Crippen LogP contribution in [-0.2, 0) is 0 Å². The maximum Gasteiger partial charge on any atom is 0.291 e. The molecule has 6 aromatic rings. The molecule has 0 bridgehead atoms. The normalized spacial score (nSPS) is 11.8. The highest BCUT2D eigenvalue weighted by atomic mass is 32.1. The predicted molar refractivity (Wildman–Crippen MR) is 167 cm³/mol. The molecule has 0 amide bonds. The molecule has 0 unspecified atom stereocenters. The van der Waals surface area contributed by atoms with E-state index in [1.165, 1.54) is 15.9 Å². The predicted octanol–water partition coefficient (Wildman–Crippen LogP) is 6.10. The summed E-state index contributed by atoms with van der Waals surface area (Å²) in [7, 11) is 0. The number of aryl methyl sites for hydroxylation is 1. The zero-order chi connectivity index (χ0) is 29.1. The lowest BCUT2D eigenvalue weighted by atomic mass is 10.0. The molecule has 8 nitrogen and oxygen atoms in total. The van der Waals surface area contributed by atoms with Gasteiger partial charge in [-0.2, -0.15) is 14.6 Å². The van der Waals surface area contributed by atoms with E-state index in [9.17, 15) is 4.79 Å². The number of hydrogen-bond donors (Lipinski definition) is 0. The van der Waals surface area contributed by atoms with E-state index in [1.54, 1.807) is 0 Å². The molecule has 0 saturated heterocycles. The van der Waals surface area contributed by atoms with E-state index in [2.05, 4.69) is 17.0 Å². The first-order chi connectivity index (χ1) is 20.5. The summed E-state index contributed by atoms with van der Waals surface area (Å²) in [5.74, 6) is 2.13. The summed E-state index contributed by atoms with van der Waals surface area (Å²) in [4.78, 5) is 18.7. The van der Waals surface area contributed by atoms with Crippen molar-refractivity contribution in [2.75, 3.05) is 13.2 Å². The monoisotopic (exact) mass is 577 g/mol. The Balaban J connectivity index is 1.38. The Bertz CT molecular complexity index is 1940. The molecule has 0 N–H and O–H groups in total. The first-order valence-corrected chi connectivity index (χ1v) is 14.9. The summed E-state index contributed by atoms with van der Waals surface area (Å²) in [6, 6.07) is 23.6. The average Bonchev–Trinajstić information content (AvgIpc) is 3.69. The molecule has 0 atom stereocenters. The van der Waals surface area contributed by atoms with Gasteiger partial charge in [-0.25, -0.2) is 4.68 Å². The molecular weight excluding hydrogens is 546 g/mol. The molecule has 0 radical (unpaired) electrons. The molecule has 3 aromatic heterocycles. The van der Waals surface area contributed by atoms with Crippen molar-refractivity contribution >= 4 is 22.4 Å². The van der Waals surface area contributed by atoms with Crippen LogP contribution in [0.25, 0.3) is 39.4 Å². The SMILES string of the molecule is CCCCOc1ccc(-c2nc3s/c(=C\c4cn(-c5ccccc5)nc4-c4ccc(OCC)cc4C)c(=O)n3n2)cc1. The zero-order valence-electron chi connectivity index (χ0n) is 23.8. The van der Waals surface area contributed by atoms with E-state index in [-0.39, 0.29) is 5.56 Å². The lowest BCUT2D eigenvalue weighted by molar-refractivity contribution is 0.309. The molecule has 0 aliphatic rings. The van der Waals surface area contributed by atoms with E-state index in [0.29, 0.717) is 28.5 Å². The highest BCUT2D eigenvalue weighted by Crippen LogP contribution is 2.30. The van der Waals surface area contributed by atoms with Crippen molar-refractivity contribution in [3.05, 3.63) is 105 Å². The van der Waals surface area contributed by atoms with Crippen molar-refractivity contribution in [2.24, 2.45) is 0 Å². The number of unbranched alkanes of at least 4 members (excludes halogenated alkanes) is 1. The van der Waals surface area contributed by atoms with Gasteiger partial charge >= 0.3 is 0 Å². The molecule has 0 aliphatic heterocycles. The minimum absolute atomic E-state index is 0.213. The molecule has 0 saturated carbocycles. The molecule has 6 rings (SSSR count). The van der Waals surface area contributed by atoms with Gasteiger partial charge in [0, 0.05) is 22.9 Å². The van der Waals surface area contributed by atoms with E-state index in [0.717, 1.165) is 58.0 Å². The quantitative estimate of drug-likeness (QED) is 0.183. The number of aromatic nitrogens is 5. The van der Waals surface area contributed by atoms with Crippen LogP contribution in [-0.4, -0.2) is 37.6 Å². The Morgan fingerprint density at radius 2 is 1.71 bits per heavy atom. The number of rotatable bonds is 10. The van der Waals surface area contributed by atoms with Gasteiger partial charge in [0.25, 0.3) is 5.56 Å². The molecule has 0 fully saturated rings. The van der Waals surface area contributed by atoms with Crippen molar-refractivity contribution in [3.63, 3.8) is 0 Å². The van der Waals surface area contributed by atoms with Gasteiger partial charge in [0.1, 0.15) is 17.2 Å². The van der Waals surface area contributed by atoms with Crippen LogP contribution in [0.15, 0.2) is 83.8 Å². The van der Waals surface area contributed by atoms with E-state index >= 15 is 0 Å². The molecule has 0 aliphatic carbocycles. The molecule has 212 valence electrons. The van der Waals surface area contributed by atoms with Crippen molar-refractivity contribution < 1.29 is 9.47 Å². The summed E-state index contributed by atoms with van der Waals surface area (Å²) in [6.45, 7) is 7.43. The van der Waals surface area contributed by atoms with Gasteiger partial charge in [0.05, 0.1) is 23.4 Å². The van der Waals surface area contributed by atoms with Crippen LogP contribution in [0.3, 0.4) is 0 Å². The van der Waals surface area contributed by atoms with Gasteiger partial charge in [-0.1, -0.05) is 42.9 Å². The van der Waals surface area contributed by atoms with E-state index in [4.69, 9.17) is 14.6 Å². The van der Waals surface area contributed by atoms with E-state index < -0.39 is 0 Å². The van der Waals surface area contributed by atoms with Gasteiger partial charge in [-0.05, 0) is 86.5 Å². The topological polar surface area (TPSA) is 83.5 Å². The summed E-state index contributed by atoms with van der Waals surface area (Å²) in [6.07, 6.45) is 5.93. The Hall–Kier alpha value is -4.76. The highest BCUT2D eigenvalue weighted by molar-refractivity contribution is 7.15. The van der Waals surface area contributed by atoms with Gasteiger partial charge < -0.3 is 9.47 Å². The third-order valence-electron chi connectivity index (χ3n) is 6.87. The first-order valence-electron chi connectivity index (χ1n) is 14.1. The molecule has 0 spiro atoms. The second kappa shape index (κ2) is 12.0. The Morgan fingerprint density at radius 1 is 0.929 bits per heavy atom. The van der Waals surface area contributed by atoms with E-state index in [1.807, 2.05) is 104 Å². The minimum atomic E-state index is -0.213. The maximum atomic E-state index is 13.5. The molecular formula is C33H31N5O3S. The van der Waals surface area contributed by atoms with Crippen LogP contribution in [0.1, 0.15) is 37.8 Å². The Kier molecular flexibility index (Phi) is 7.83. The van der Waals surface area contributed by atoms with Crippen molar-refractivity contribution in [3.8, 4) is 39.8 Å². The van der Waals surface area contributed by atoms with Crippen LogP contribution in [0.5, 0.6) is 11.5 Å². The number of nitrogens with zero attached hydrogens (tertiary/aromatic N) is 5. The maximum absolute atomic E-state index is 13.5. The smallest absolute Gasteiger partial charge is 0.291 e. The summed E-state index contributed by atoms with van der Waals surface area (Å²) in [5, 5.41) is 9.47. The van der Waals surface area contributed by atoms with Crippen molar-refractivity contribution in [2.45, 2.75) is 33.6 Å². The van der Waals surface area contributed by atoms with Crippen LogP contribution in [0, 0.1) is 6.92 Å². The summed E-state index contributed by atoms with van der Waals surface area (Å²) in [5.41, 5.74) is 5.15. The number of para-hydroxylation sites is 1. The second-order valence-corrected chi connectivity index (χ2v) is 10.9. The Labute approximate surface area is 247 Å². The zero-order valence-corrected chi connectivity index (χ0v) is 24.6. The van der Waals surface area contributed by atoms with Crippen molar-refractivity contribution in [1.82, 2.24) is 24.4 Å². The number of thiazole rings is 1. The fourth-order valence-electron chi connectivity index (χ4n) is 4.71. The average molecular weight is 578 g/mol. The largest absolute Gasteiger partial charge is 0.494 e. The van der Waals surface area contributed by atoms with Crippen molar-refractivity contribution in [1.29, 1.82) is 0 Å². The molecule has 3 aromatic carbocycles. The first kappa shape index (κ1) is 27.4. The molecule has 42 heavy (non-hydrogen) atoms. The highest BCUT2D eigenvalue weighted by Gasteiger charge is 2.16. The van der Waals surface area contributed by atoms with Crippen LogP contribution >= 0.6 is 11.3 Å². The van der Waals surface area contributed by atoms with Gasteiger partial charge in [0.15, 0.2) is 5.82 Å². The Morgan fingerprint density at radius 3 is 2.43 bits per heavy atom. The third-order valence-corrected chi connectivity index (χ3v) is 7.83. The lowest BCUT2D eigenvalue weighted by Crippen LogP contribution is -2.23.